The van der Waals surface area contributed by atoms with Crippen molar-refractivity contribution in [2.24, 2.45) is 0 Å². The highest BCUT2D eigenvalue weighted by molar-refractivity contribution is 7.99. The van der Waals surface area contributed by atoms with E-state index in [0.29, 0.717) is 6.42 Å². The molecule has 0 aliphatic heterocycles. The van der Waals surface area contributed by atoms with Gasteiger partial charge < -0.3 is 4.74 Å². The highest BCUT2D eigenvalue weighted by Gasteiger charge is 1.97. The Labute approximate surface area is 108 Å². The van der Waals surface area contributed by atoms with Crippen LogP contribution >= 0.6 is 11.8 Å². The van der Waals surface area contributed by atoms with Gasteiger partial charge in [0.1, 0.15) is 5.75 Å². The van der Waals surface area contributed by atoms with Gasteiger partial charge in [-0.3, -0.25) is 0 Å². The van der Waals surface area contributed by atoms with E-state index in [-0.39, 0.29) is 0 Å². The predicted octanol–water partition coefficient (Wildman–Crippen LogP) is 3.80. The van der Waals surface area contributed by atoms with Gasteiger partial charge in [-0.05, 0) is 37.1 Å². The van der Waals surface area contributed by atoms with E-state index in [1.807, 2.05) is 30.0 Å². The lowest BCUT2D eigenvalue weighted by atomic mass is 10.2. The van der Waals surface area contributed by atoms with E-state index in [1.165, 1.54) is 5.56 Å². The van der Waals surface area contributed by atoms with Crippen molar-refractivity contribution < 1.29 is 4.74 Å². The zero-order valence-electron chi connectivity index (χ0n) is 10.3. The van der Waals surface area contributed by atoms with Gasteiger partial charge in [0.15, 0.2) is 0 Å². The number of thioether (sulfide) groups is 1. The van der Waals surface area contributed by atoms with Crippen molar-refractivity contribution in [3.63, 3.8) is 0 Å². The van der Waals surface area contributed by atoms with Crippen molar-refractivity contribution >= 4 is 11.8 Å². The predicted molar refractivity (Wildman–Crippen MR) is 73.5 cm³/mol. The summed E-state index contributed by atoms with van der Waals surface area (Å²) < 4.78 is 5.70. The van der Waals surface area contributed by atoms with E-state index in [9.17, 15) is 0 Å². The van der Waals surface area contributed by atoms with Gasteiger partial charge in [0, 0.05) is 12.2 Å². The number of nitrogens with zero attached hydrogens (tertiary/aromatic N) is 1. The zero-order chi connectivity index (χ0) is 12.3. The summed E-state index contributed by atoms with van der Waals surface area (Å²) in [6, 6.07) is 10.2. The van der Waals surface area contributed by atoms with Crippen LogP contribution in [0.3, 0.4) is 0 Å². The van der Waals surface area contributed by atoms with Gasteiger partial charge in [0.05, 0.1) is 12.7 Å². The maximum Gasteiger partial charge on any atom is 0.122 e. The van der Waals surface area contributed by atoms with Crippen molar-refractivity contribution in [2.45, 2.75) is 26.2 Å². The van der Waals surface area contributed by atoms with Crippen LogP contribution in [0.2, 0.25) is 0 Å². The molecule has 0 heterocycles. The first-order valence-corrected chi connectivity index (χ1v) is 7.13. The molecule has 1 aromatic carbocycles. The van der Waals surface area contributed by atoms with Gasteiger partial charge in [-0.2, -0.15) is 17.0 Å². The second kappa shape index (κ2) is 8.95. The second-order valence-electron chi connectivity index (χ2n) is 3.84. The summed E-state index contributed by atoms with van der Waals surface area (Å²) in [6.45, 7) is 2.84. The minimum absolute atomic E-state index is 0.657. The minimum Gasteiger partial charge on any atom is -0.493 e. The normalized spacial score (nSPS) is 9.88. The molecule has 0 aromatic heterocycles. The molecule has 0 atom stereocenters. The Balaban J connectivity index is 2.01. The molecule has 0 bridgehead atoms. The summed E-state index contributed by atoms with van der Waals surface area (Å²) >= 11 is 1.85. The molecule has 0 N–H and O–H groups in total. The van der Waals surface area contributed by atoms with Crippen LogP contribution in [0.4, 0.5) is 0 Å². The Hall–Kier alpha value is -1.14. The lowest BCUT2D eigenvalue weighted by Crippen LogP contribution is -1.99. The molecule has 0 saturated carbocycles. The van der Waals surface area contributed by atoms with Gasteiger partial charge in [0.2, 0.25) is 0 Å². The monoisotopic (exact) mass is 249 g/mol. The van der Waals surface area contributed by atoms with E-state index < -0.39 is 0 Å². The van der Waals surface area contributed by atoms with Crippen LogP contribution in [0.25, 0.3) is 0 Å². The Bertz CT molecular complexity index is 359. The number of nitriles is 1. The zero-order valence-corrected chi connectivity index (χ0v) is 11.1. The van der Waals surface area contributed by atoms with Crippen LogP contribution in [-0.2, 0) is 0 Å². The van der Waals surface area contributed by atoms with E-state index in [2.05, 4.69) is 19.1 Å². The fraction of sp³-hybridized carbons (Fsp3) is 0.500. The smallest absolute Gasteiger partial charge is 0.122 e. The van der Waals surface area contributed by atoms with Crippen LogP contribution < -0.4 is 4.74 Å². The molecule has 0 amide bonds. The van der Waals surface area contributed by atoms with Crippen molar-refractivity contribution in [1.82, 2.24) is 0 Å². The molecule has 3 heteroatoms. The first kappa shape index (κ1) is 13.9. The van der Waals surface area contributed by atoms with E-state index in [0.717, 1.165) is 36.7 Å². The third-order valence-electron chi connectivity index (χ3n) is 2.39. The highest BCUT2D eigenvalue weighted by Crippen LogP contribution is 2.16. The topological polar surface area (TPSA) is 33.0 Å². The minimum atomic E-state index is 0.657. The number of ether oxygens (including phenoxy) is 1. The molecule has 0 spiro atoms. The molecule has 2 nitrogen and oxygen atoms in total. The Morgan fingerprint density at radius 2 is 2.06 bits per heavy atom. The lowest BCUT2D eigenvalue weighted by molar-refractivity contribution is 0.308. The quantitative estimate of drug-likeness (QED) is 0.657. The maximum atomic E-state index is 8.38. The number of benzene rings is 1. The number of rotatable bonds is 8. The van der Waals surface area contributed by atoms with Gasteiger partial charge >= 0.3 is 0 Å². The molecule has 1 aromatic rings. The Morgan fingerprint density at radius 3 is 2.82 bits per heavy atom. The molecule has 0 saturated heterocycles. The van der Waals surface area contributed by atoms with Gasteiger partial charge in [-0.25, -0.2) is 0 Å². The third kappa shape index (κ3) is 6.23. The first-order valence-electron chi connectivity index (χ1n) is 5.97. The van der Waals surface area contributed by atoms with Crippen molar-refractivity contribution in [1.29, 1.82) is 5.26 Å². The summed E-state index contributed by atoms with van der Waals surface area (Å²) in [6.07, 6.45) is 2.89. The summed E-state index contributed by atoms with van der Waals surface area (Å²) in [5, 5.41) is 8.38. The average molecular weight is 249 g/mol. The van der Waals surface area contributed by atoms with E-state index in [1.54, 1.807) is 0 Å². The SMILES string of the molecule is Cc1ccccc1OCCCCSCCC#N. The number of hydrogen-bond acceptors (Lipinski definition) is 3. The molecular formula is C14H19NOS. The van der Waals surface area contributed by atoms with Crippen LogP contribution in [0.5, 0.6) is 5.75 Å². The fourth-order valence-corrected chi connectivity index (χ4v) is 2.27. The molecule has 17 heavy (non-hydrogen) atoms. The highest BCUT2D eigenvalue weighted by atomic mass is 32.2. The average Bonchev–Trinajstić information content (AvgIpc) is 2.35. The standard InChI is InChI=1S/C14H19NOS/c1-13-7-2-3-8-14(13)16-10-4-5-11-17-12-6-9-15/h2-3,7-8H,4-6,10-12H2,1H3. The molecule has 1 rings (SSSR count). The van der Waals surface area contributed by atoms with E-state index >= 15 is 0 Å². The van der Waals surface area contributed by atoms with Crippen LogP contribution in [-0.4, -0.2) is 18.1 Å². The van der Waals surface area contributed by atoms with Crippen LogP contribution in [0.15, 0.2) is 24.3 Å². The molecule has 0 radical (unpaired) electrons. The van der Waals surface area contributed by atoms with Gasteiger partial charge in [-0.1, -0.05) is 18.2 Å². The molecule has 92 valence electrons. The van der Waals surface area contributed by atoms with Crippen LogP contribution in [0, 0.1) is 18.3 Å². The molecule has 0 aliphatic carbocycles. The molecule has 0 fully saturated rings. The summed E-state index contributed by atoms with van der Waals surface area (Å²) in [5.74, 6) is 3.07. The number of aryl methyl sites for hydroxylation is 1. The molecule has 0 unspecified atom stereocenters. The number of unbranched alkanes of at least 4 members (excludes halogenated alkanes) is 1. The molecule has 0 aliphatic rings. The van der Waals surface area contributed by atoms with Gasteiger partial charge in [0.25, 0.3) is 0 Å². The third-order valence-corrected chi connectivity index (χ3v) is 3.46. The van der Waals surface area contributed by atoms with Crippen molar-refractivity contribution in [2.75, 3.05) is 18.1 Å². The fourth-order valence-electron chi connectivity index (χ4n) is 1.43. The van der Waals surface area contributed by atoms with Crippen molar-refractivity contribution in [3.8, 4) is 11.8 Å². The van der Waals surface area contributed by atoms with Gasteiger partial charge in [-0.15, -0.1) is 0 Å². The van der Waals surface area contributed by atoms with Crippen molar-refractivity contribution in [3.05, 3.63) is 29.8 Å². The summed E-state index contributed by atoms with van der Waals surface area (Å²) in [5.41, 5.74) is 1.19. The Kier molecular flexibility index (Phi) is 7.33. The lowest BCUT2D eigenvalue weighted by Gasteiger charge is -2.08. The Morgan fingerprint density at radius 1 is 1.24 bits per heavy atom. The second-order valence-corrected chi connectivity index (χ2v) is 5.07. The first-order chi connectivity index (χ1) is 8.34. The summed E-state index contributed by atoms with van der Waals surface area (Å²) in [4.78, 5) is 0. The van der Waals surface area contributed by atoms with Crippen LogP contribution in [0.1, 0.15) is 24.8 Å². The number of hydrogen-bond donors (Lipinski definition) is 0. The number of para-hydroxylation sites is 1. The summed E-state index contributed by atoms with van der Waals surface area (Å²) in [7, 11) is 0. The maximum absolute atomic E-state index is 8.38. The largest absolute Gasteiger partial charge is 0.493 e. The molecular weight excluding hydrogens is 230 g/mol. The van der Waals surface area contributed by atoms with E-state index in [4.69, 9.17) is 10.00 Å².